The Bertz CT molecular complexity index is 454. The van der Waals surface area contributed by atoms with E-state index in [1.54, 1.807) is 12.1 Å². The molecule has 0 fully saturated rings. The fourth-order valence-corrected chi connectivity index (χ4v) is 2.68. The Morgan fingerprint density at radius 2 is 1.89 bits per heavy atom. The van der Waals surface area contributed by atoms with E-state index in [0.29, 0.717) is 30.3 Å². The van der Waals surface area contributed by atoms with Gasteiger partial charge in [-0.3, -0.25) is 0 Å². The average molecular weight is 270 g/mol. The van der Waals surface area contributed by atoms with E-state index in [1.165, 1.54) is 5.56 Å². The number of rotatable bonds is 7. The van der Waals surface area contributed by atoms with Gasteiger partial charge >= 0.3 is 0 Å². The third-order valence-electron chi connectivity index (χ3n) is 3.04. The fraction of sp³-hybridized carbons (Fsp3) is 0.538. The minimum Gasteiger partial charge on any atom is -0.330 e. The summed E-state index contributed by atoms with van der Waals surface area (Å²) < 4.78 is 26.3. The predicted octanol–water partition coefficient (Wildman–Crippen LogP) is 1.83. The predicted molar refractivity (Wildman–Crippen MR) is 74.0 cm³/mol. The van der Waals surface area contributed by atoms with Crippen LogP contribution in [0.4, 0.5) is 0 Å². The lowest BCUT2D eigenvalue weighted by atomic mass is 9.99. The van der Waals surface area contributed by atoms with Crippen LogP contribution in [0.25, 0.3) is 0 Å². The van der Waals surface area contributed by atoms with E-state index in [9.17, 15) is 8.42 Å². The lowest BCUT2D eigenvalue weighted by Crippen LogP contribution is -2.26. The number of sulfonamides is 1. The van der Waals surface area contributed by atoms with E-state index in [4.69, 9.17) is 5.73 Å². The zero-order valence-electron chi connectivity index (χ0n) is 11.0. The number of hydrogen-bond donors (Lipinski definition) is 2. The van der Waals surface area contributed by atoms with Crippen LogP contribution in [0.2, 0.25) is 0 Å². The Morgan fingerprint density at radius 3 is 2.39 bits per heavy atom. The highest BCUT2D eigenvalue weighted by Crippen LogP contribution is 2.20. The van der Waals surface area contributed by atoms with Crippen molar-refractivity contribution < 1.29 is 8.42 Å². The Kier molecular flexibility index (Phi) is 5.78. The first-order valence-electron chi connectivity index (χ1n) is 6.31. The molecule has 0 heterocycles. The number of nitrogens with one attached hydrogen (secondary N) is 1. The van der Waals surface area contributed by atoms with Gasteiger partial charge < -0.3 is 5.73 Å². The molecule has 3 N–H and O–H groups in total. The second kappa shape index (κ2) is 6.87. The minimum absolute atomic E-state index is 0.312. The molecule has 102 valence electrons. The minimum atomic E-state index is -3.39. The molecule has 5 heteroatoms. The third kappa shape index (κ3) is 4.08. The molecular formula is C13H22N2O2S. The van der Waals surface area contributed by atoms with Crippen LogP contribution >= 0.6 is 0 Å². The average Bonchev–Trinajstić information content (AvgIpc) is 2.38. The van der Waals surface area contributed by atoms with Gasteiger partial charge in [0.15, 0.2) is 0 Å². The van der Waals surface area contributed by atoms with Gasteiger partial charge in [0, 0.05) is 6.54 Å². The second-order valence-corrected chi connectivity index (χ2v) is 6.19. The smallest absolute Gasteiger partial charge is 0.240 e. The summed E-state index contributed by atoms with van der Waals surface area (Å²) in [6.07, 6.45) is 1.69. The van der Waals surface area contributed by atoms with E-state index >= 15 is 0 Å². The van der Waals surface area contributed by atoms with Crippen molar-refractivity contribution in [1.29, 1.82) is 0 Å². The van der Waals surface area contributed by atoms with Crippen molar-refractivity contribution in [2.75, 3.05) is 13.1 Å². The van der Waals surface area contributed by atoms with E-state index in [0.717, 1.165) is 6.42 Å². The van der Waals surface area contributed by atoms with Crippen LogP contribution in [-0.4, -0.2) is 21.5 Å². The fourth-order valence-electron chi connectivity index (χ4n) is 1.60. The highest BCUT2D eigenvalue weighted by Gasteiger charge is 2.13. The molecule has 0 saturated heterocycles. The van der Waals surface area contributed by atoms with Crippen molar-refractivity contribution in [3.05, 3.63) is 29.8 Å². The molecule has 0 bridgehead atoms. The number of nitrogens with two attached hydrogens (primary N) is 1. The van der Waals surface area contributed by atoms with Crippen LogP contribution in [0.5, 0.6) is 0 Å². The Hall–Kier alpha value is -0.910. The third-order valence-corrected chi connectivity index (χ3v) is 4.52. The maximum absolute atomic E-state index is 11.9. The van der Waals surface area contributed by atoms with Gasteiger partial charge in [0.25, 0.3) is 0 Å². The molecule has 0 radical (unpaired) electrons. The SMILES string of the molecule is CCC(C)c1ccc(S(=O)(=O)NCCCN)cc1. The van der Waals surface area contributed by atoms with Crippen molar-refractivity contribution in [3.63, 3.8) is 0 Å². The molecule has 1 aromatic carbocycles. The Balaban J connectivity index is 2.78. The molecular weight excluding hydrogens is 248 g/mol. The van der Waals surface area contributed by atoms with Crippen molar-refractivity contribution in [3.8, 4) is 0 Å². The molecule has 0 aliphatic heterocycles. The zero-order valence-corrected chi connectivity index (χ0v) is 11.8. The standard InChI is InChI=1S/C13H22N2O2S/c1-3-11(2)12-5-7-13(8-6-12)18(16,17)15-10-4-9-14/h5-8,11,15H,3-4,9-10,14H2,1-2H3. The maximum atomic E-state index is 11.9. The molecule has 1 aromatic rings. The van der Waals surface area contributed by atoms with Crippen molar-refractivity contribution in [2.45, 2.75) is 37.5 Å². The van der Waals surface area contributed by atoms with Gasteiger partial charge in [0.05, 0.1) is 4.90 Å². The molecule has 4 nitrogen and oxygen atoms in total. The summed E-state index contributed by atoms with van der Waals surface area (Å²) >= 11 is 0. The molecule has 1 unspecified atom stereocenters. The molecule has 1 atom stereocenters. The summed E-state index contributed by atoms with van der Waals surface area (Å²) in [5.41, 5.74) is 6.50. The highest BCUT2D eigenvalue weighted by atomic mass is 32.2. The summed E-state index contributed by atoms with van der Waals surface area (Å²) in [4.78, 5) is 0.312. The summed E-state index contributed by atoms with van der Waals surface area (Å²) in [5, 5.41) is 0. The summed E-state index contributed by atoms with van der Waals surface area (Å²) in [7, 11) is -3.39. The van der Waals surface area contributed by atoms with Crippen molar-refractivity contribution >= 4 is 10.0 Å². The normalized spacial score (nSPS) is 13.5. The molecule has 0 aromatic heterocycles. The number of benzene rings is 1. The largest absolute Gasteiger partial charge is 0.330 e. The molecule has 0 saturated carbocycles. The van der Waals surface area contributed by atoms with Crippen LogP contribution in [0.1, 0.15) is 38.2 Å². The van der Waals surface area contributed by atoms with Gasteiger partial charge in [-0.2, -0.15) is 0 Å². The van der Waals surface area contributed by atoms with Crippen LogP contribution in [0, 0.1) is 0 Å². The first kappa shape index (κ1) is 15.1. The Morgan fingerprint density at radius 1 is 1.28 bits per heavy atom. The Labute approximate surface area is 110 Å². The van der Waals surface area contributed by atoms with E-state index < -0.39 is 10.0 Å². The van der Waals surface area contributed by atoms with Crippen molar-refractivity contribution in [2.24, 2.45) is 5.73 Å². The molecule has 1 rings (SSSR count). The first-order valence-corrected chi connectivity index (χ1v) is 7.79. The second-order valence-electron chi connectivity index (χ2n) is 4.42. The van der Waals surface area contributed by atoms with Gasteiger partial charge in [-0.05, 0) is 43.0 Å². The maximum Gasteiger partial charge on any atom is 0.240 e. The van der Waals surface area contributed by atoms with Crippen LogP contribution in [0.3, 0.4) is 0 Å². The van der Waals surface area contributed by atoms with E-state index in [-0.39, 0.29) is 0 Å². The van der Waals surface area contributed by atoms with Gasteiger partial charge in [-0.15, -0.1) is 0 Å². The van der Waals surface area contributed by atoms with Gasteiger partial charge in [-0.1, -0.05) is 26.0 Å². The topological polar surface area (TPSA) is 72.2 Å². The van der Waals surface area contributed by atoms with E-state index in [1.807, 2.05) is 12.1 Å². The summed E-state index contributed by atoms with van der Waals surface area (Å²) in [5.74, 6) is 0.451. The monoisotopic (exact) mass is 270 g/mol. The highest BCUT2D eigenvalue weighted by molar-refractivity contribution is 7.89. The summed E-state index contributed by atoms with van der Waals surface area (Å²) in [6, 6.07) is 7.08. The lowest BCUT2D eigenvalue weighted by molar-refractivity contribution is 0.579. The van der Waals surface area contributed by atoms with Gasteiger partial charge in [0.2, 0.25) is 10.0 Å². The van der Waals surface area contributed by atoms with Crippen LogP contribution in [0.15, 0.2) is 29.2 Å². The quantitative estimate of drug-likeness (QED) is 0.742. The molecule has 0 aliphatic carbocycles. The van der Waals surface area contributed by atoms with Crippen molar-refractivity contribution in [1.82, 2.24) is 4.72 Å². The zero-order chi connectivity index (χ0) is 13.6. The van der Waals surface area contributed by atoms with Crippen LogP contribution < -0.4 is 10.5 Å². The molecule has 18 heavy (non-hydrogen) atoms. The molecule has 0 spiro atoms. The molecule has 0 aliphatic rings. The summed E-state index contributed by atoms with van der Waals surface area (Å²) in [6.45, 7) is 5.11. The lowest BCUT2D eigenvalue weighted by Gasteiger charge is -2.10. The van der Waals surface area contributed by atoms with Gasteiger partial charge in [0.1, 0.15) is 0 Å². The number of hydrogen-bond acceptors (Lipinski definition) is 3. The van der Waals surface area contributed by atoms with E-state index in [2.05, 4.69) is 18.6 Å². The molecule has 0 amide bonds. The van der Waals surface area contributed by atoms with Gasteiger partial charge in [-0.25, -0.2) is 13.1 Å². The van der Waals surface area contributed by atoms with Crippen LogP contribution in [-0.2, 0) is 10.0 Å². The first-order chi connectivity index (χ1) is 8.51.